The van der Waals surface area contributed by atoms with Crippen LogP contribution in [0.2, 0.25) is 0 Å². The van der Waals surface area contributed by atoms with Crippen molar-refractivity contribution in [3.05, 3.63) is 29.8 Å². The quantitative estimate of drug-likeness (QED) is 0.788. The minimum absolute atomic E-state index is 0.0124. The molecule has 120 valence electrons. The Morgan fingerprint density at radius 2 is 1.62 bits per heavy atom. The van der Waals surface area contributed by atoms with E-state index in [-0.39, 0.29) is 12.0 Å². The molecule has 0 atom stereocenters. The van der Waals surface area contributed by atoms with Crippen molar-refractivity contribution in [2.24, 2.45) is 0 Å². The zero-order valence-electron chi connectivity index (χ0n) is 13.5. The van der Waals surface area contributed by atoms with E-state index in [1.807, 2.05) is 12.1 Å². The second kappa shape index (κ2) is 7.38. The van der Waals surface area contributed by atoms with Gasteiger partial charge >= 0.3 is 0 Å². The molecule has 5 heteroatoms. The largest absolute Gasteiger partial charge is 0.396 e. The summed E-state index contributed by atoms with van der Waals surface area (Å²) in [5.41, 5.74) is 1.13. The summed E-state index contributed by atoms with van der Waals surface area (Å²) in [6.07, 6.45) is 2.31. The van der Waals surface area contributed by atoms with Gasteiger partial charge in [-0.05, 0) is 42.4 Å². The second-order valence-corrected chi connectivity index (χ2v) is 8.43. The Kier molecular flexibility index (Phi) is 6.38. The Hall–Kier alpha value is -0.910. The van der Waals surface area contributed by atoms with Crippen LogP contribution >= 0.6 is 0 Å². The first kappa shape index (κ1) is 18.1. The molecular weight excluding hydrogens is 286 g/mol. The van der Waals surface area contributed by atoms with E-state index in [1.54, 1.807) is 19.2 Å². The van der Waals surface area contributed by atoms with Crippen molar-refractivity contribution in [1.29, 1.82) is 0 Å². The predicted octanol–water partition coefficient (Wildman–Crippen LogP) is 2.77. The van der Waals surface area contributed by atoms with Gasteiger partial charge in [-0.2, -0.15) is 0 Å². The summed E-state index contributed by atoms with van der Waals surface area (Å²) in [7, 11) is -1.81. The van der Waals surface area contributed by atoms with Crippen LogP contribution in [0.3, 0.4) is 0 Å². The lowest BCUT2D eigenvalue weighted by Crippen LogP contribution is -2.28. The third-order valence-electron chi connectivity index (χ3n) is 3.56. The Morgan fingerprint density at radius 3 is 2.10 bits per heavy atom. The maximum Gasteiger partial charge on any atom is 0.242 e. The van der Waals surface area contributed by atoms with Crippen LogP contribution in [0.15, 0.2) is 29.2 Å². The van der Waals surface area contributed by atoms with Gasteiger partial charge in [0.2, 0.25) is 10.0 Å². The van der Waals surface area contributed by atoms with Crippen LogP contribution in [0.25, 0.3) is 0 Å². The van der Waals surface area contributed by atoms with Crippen LogP contribution in [0, 0.1) is 0 Å². The van der Waals surface area contributed by atoms with Gasteiger partial charge in [-0.3, -0.25) is 0 Å². The highest BCUT2D eigenvalue weighted by molar-refractivity contribution is 7.89. The van der Waals surface area contributed by atoms with Crippen molar-refractivity contribution in [2.75, 3.05) is 20.2 Å². The number of hydrogen-bond donors (Lipinski definition) is 1. The van der Waals surface area contributed by atoms with Gasteiger partial charge in [0.25, 0.3) is 0 Å². The van der Waals surface area contributed by atoms with E-state index in [0.717, 1.165) is 18.4 Å². The fraction of sp³-hybridized carbons (Fsp3) is 0.625. The Morgan fingerprint density at radius 1 is 1.05 bits per heavy atom. The molecule has 0 bridgehead atoms. The van der Waals surface area contributed by atoms with Crippen molar-refractivity contribution >= 4 is 10.0 Å². The summed E-state index contributed by atoms with van der Waals surface area (Å²) < 4.78 is 26.3. The van der Waals surface area contributed by atoms with E-state index in [2.05, 4.69) is 20.8 Å². The Balaban J connectivity index is 2.78. The van der Waals surface area contributed by atoms with Gasteiger partial charge in [-0.1, -0.05) is 32.9 Å². The van der Waals surface area contributed by atoms with Crippen LogP contribution in [0.1, 0.15) is 45.6 Å². The SMILES string of the molecule is CN(CCCCCO)S(=O)(=O)c1ccc(C(C)(C)C)cc1. The number of rotatable bonds is 7. The highest BCUT2D eigenvalue weighted by Crippen LogP contribution is 2.24. The molecule has 0 aliphatic carbocycles. The number of aliphatic hydroxyl groups is 1. The molecule has 0 aliphatic rings. The topological polar surface area (TPSA) is 57.6 Å². The summed E-state index contributed by atoms with van der Waals surface area (Å²) in [4.78, 5) is 0.333. The number of aliphatic hydroxyl groups excluding tert-OH is 1. The standard InChI is InChI=1S/C16H27NO3S/c1-16(2,3)14-8-10-15(11-9-14)21(19,20)17(4)12-6-5-7-13-18/h8-11,18H,5-7,12-13H2,1-4H3. The first-order valence-corrected chi connectivity index (χ1v) is 8.81. The lowest BCUT2D eigenvalue weighted by molar-refractivity contribution is 0.281. The average molecular weight is 313 g/mol. The summed E-state index contributed by atoms with van der Waals surface area (Å²) in [6.45, 7) is 6.94. The molecule has 1 aromatic carbocycles. The Bertz CT molecular complexity index is 530. The van der Waals surface area contributed by atoms with Crippen molar-refractivity contribution in [1.82, 2.24) is 4.31 Å². The summed E-state index contributed by atoms with van der Waals surface area (Å²) in [5.74, 6) is 0. The molecule has 0 spiro atoms. The zero-order chi connectivity index (χ0) is 16.1. The minimum atomic E-state index is -3.42. The molecule has 1 N–H and O–H groups in total. The number of sulfonamides is 1. The van der Waals surface area contributed by atoms with Gasteiger partial charge in [0.1, 0.15) is 0 Å². The zero-order valence-corrected chi connectivity index (χ0v) is 14.3. The molecular formula is C16H27NO3S. The lowest BCUT2D eigenvalue weighted by atomic mass is 9.87. The second-order valence-electron chi connectivity index (χ2n) is 6.39. The summed E-state index contributed by atoms with van der Waals surface area (Å²) >= 11 is 0. The van der Waals surface area contributed by atoms with E-state index in [9.17, 15) is 8.42 Å². The molecule has 21 heavy (non-hydrogen) atoms. The van der Waals surface area contributed by atoms with Crippen LogP contribution in [0.5, 0.6) is 0 Å². The molecule has 0 saturated heterocycles. The summed E-state index contributed by atoms with van der Waals surface area (Å²) in [6, 6.07) is 7.12. The minimum Gasteiger partial charge on any atom is -0.396 e. The molecule has 0 fully saturated rings. The van der Waals surface area contributed by atoms with E-state index < -0.39 is 10.0 Å². The maximum atomic E-state index is 12.4. The monoisotopic (exact) mass is 313 g/mol. The van der Waals surface area contributed by atoms with Gasteiger partial charge in [0.05, 0.1) is 4.90 Å². The number of hydrogen-bond acceptors (Lipinski definition) is 3. The molecule has 0 saturated carbocycles. The van der Waals surface area contributed by atoms with Gasteiger partial charge < -0.3 is 5.11 Å². The highest BCUT2D eigenvalue weighted by atomic mass is 32.2. The number of nitrogens with zero attached hydrogens (tertiary/aromatic N) is 1. The van der Waals surface area contributed by atoms with Crippen molar-refractivity contribution < 1.29 is 13.5 Å². The molecule has 4 nitrogen and oxygen atoms in total. The molecule has 0 heterocycles. The first-order valence-electron chi connectivity index (χ1n) is 7.37. The van der Waals surface area contributed by atoms with Gasteiger partial charge in [-0.15, -0.1) is 0 Å². The summed E-state index contributed by atoms with van der Waals surface area (Å²) in [5, 5.41) is 8.73. The smallest absolute Gasteiger partial charge is 0.242 e. The van der Waals surface area contributed by atoms with E-state index >= 15 is 0 Å². The van der Waals surface area contributed by atoms with Gasteiger partial charge in [0.15, 0.2) is 0 Å². The molecule has 0 aliphatic heterocycles. The van der Waals surface area contributed by atoms with Crippen LogP contribution in [-0.2, 0) is 15.4 Å². The number of unbranched alkanes of at least 4 members (excludes halogenated alkanes) is 2. The van der Waals surface area contributed by atoms with Crippen LogP contribution in [0.4, 0.5) is 0 Å². The average Bonchev–Trinajstić information content (AvgIpc) is 2.42. The number of benzene rings is 1. The third kappa shape index (κ3) is 5.09. The van der Waals surface area contributed by atoms with Crippen molar-refractivity contribution in [3.8, 4) is 0 Å². The molecule has 1 rings (SSSR count). The molecule has 0 radical (unpaired) electrons. The molecule has 1 aromatic rings. The van der Waals surface area contributed by atoms with E-state index in [4.69, 9.17) is 5.11 Å². The highest BCUT2D eigenvalue weighted by Gasteiger charge is 2.21. The molecule has 0 unspecified atom stereocenters. The van der Waals surface area contributed by atoms with Crippen LogP contribution < -0.4 is 0 Å². The normalized spacial score (nSPS) is 12.9. The van der Waals surface area contributed by atoms with Gasteiger partial charge in [0, 0.05) is 20.2 Å². The fourth-order valence-corrected chi connectivity index (χ4v) is 3.26. The molecule has 0 amide bonds. The lowest BCUT2D eigenvalue weighted by Gasteiger charge is -2.21. The first-order chi connectivity index (χ1) is 9.69. The maximum absolute atomic E-state index is 12.4. The van der Waals surface area contributed by atoms with Crippen LogP contribution in [-0.4, -0.2) is 38.0 Å². The third-order valence-corrected chi connectivity index (χ3v) is 5.43. The van der Waals surface area contributed by atoms with Crippen molar-refractivity contribution in [2.45, 2.75) is 50.3 Å². The van der Waals surface area contributed by atoms with E-state index in [0.29, 0.717) is 17.9 Å². The van der Waals surface area contributed by atoms with Gasteiger partial charge in [-0.25, -0.2) is 12.7 Å². The fourth-order valence-electron chi connectivity index (χ4n) is 2.05. The van der Waals surface area contributed by atoms with E-state index in [1.165, 1.54) is 4.31 Å². The molecule has 0 aromatic heterocycles. The van der Waals surface area contributed by atoms with Crippen molar-refractivity contribution in [3.63, 3.8) is 0 Å². The predicted molar refractivity (Wildman–Crippen MR) is 85.9 cm³/mol. The Labute approximate surface area is 128 Å².